The van der Waals surface area contributed by atoms with Crippen molar-refractivity contribution >= 4 is 18.4 Å². The molecule has 20 heavy (non-hydrogen) atoms. The minimum Gasteiger partial charge on any atom is -0.466 e. The number of carbonyl (C=O) groups is 1. The van der Waals surface area contributed by atoms with Crippen molar-refractivity contribution in [2.75, 3.05) is 32.9 Å². The average Bonchev–Trinajstić information content (AvgIpc) is 2.42. The minimum absolute atomic E-state index is 0. The van der Waals surface area contributed by atoms with Gasteiger partial charge in [-0.2, -0.15) is 0 Å². The Kier molecular flexibility index (Phi) is 7.51. The van der Waals surface area contributed by atoms with Crippen LogP contribution in [0.1, 0.15) is 18.2 Å². The summed E-state index contributed by atoms with van der Waals surface area (Å²) in [6, 6.07) is 3.92. The van der Waals surface area contributed by atoms with Gasteiger partial charge in [0.25, 0.3) is 0 Å². The molecule has 0 aliphatic carbocycles. The molecule has 0 saturated carbocycles. The molecule has 1 aliphatic rings. The van der Waals surface area contributed by atoms with Gasteiger partial charge in [0.1, 0.15) is 0 Å². The lowest BCUT2D eigenvalue weighted by Crippen LogP contribution is -2.35. The molecule has 0 unspecified atom stereocenters. The number of esters is 1. The van der Waals surface area contributed by atoms with Gasteiger partial charge in [-0.25, -0.2) is 0 Å². The monoisotopic (exact) mass is 300 g/mol. The lowest BCUT2D eigenvalue weighted by Gasteiger charge is -2.26. The van der Waals surface area contributed by atoms with Crippen molar-refractivity contribution < 1.29 is 14.3 Å². The molecule has 1 aliphatic heterocycles. The van der Waals surface area contributed by atoms with Gasteiger partial charge in [-0.1, -0.05) is 6.07 Å². The van der Waals surface area contributed by atoms with Crippen LogP contribution in [0.5, 0.6) is 0 Å². The highest BCUT2D eigenvalue weighted by Gasteiger charge is 2.11. The van der Waals surface area contributed by atoms with Crippen molar-refractivity contribution in [1.29, 1.82) is 0 Å². The van der Waals surface area contributed by atoms with E-state index in [-0.39, 0.29) is 24.8 Å². The molecule has 0 N–H and O–H groups in total. The molecule has 0 spiro atoms. The SMILES string of the molecule is CCOC(=O)Cc1ccc(CN2CCOCC2)cn1.Cl. The molecular weight excluding hydrogens is 280 g/mol. The maximum Gasteiger partial charge on any atom is 0.311 e. The lowest BCUT2D eigenvalue weighted by atomic mass is 10.2. The highest BCUT2D eigenvalue weighted by atomic mass is 35.5. The number of hydrogen-bond donors (Lipinski definition) is 0. The number of pyridine rings is 1. The maximum absolute atomic E-state index is 11.3. The predicted octanol–water partition coefficient (Wildman–Crippen LogP) is 1.44. The Hall–Kier alpha value is -1.17. The zero-order valence-corrected chi connectivity index (χ0v) is 12.5. The number of aromatic nitrogens is 1. The van der Waals surface area contributed by atoms with E-state index >= 15 is 0 Å². The van der Waals surface area contributed by atoms with E-state index in [1.165, 1.54) is 0 Å². The molecule has 0 radical (unpaired) electrons. The van der Waals surface area contributed by atoms with Crippen molar-refractivity contribution in [2.24, 2.45) is 0 Å². The van der Waals surface area contributed by atoms with Crippen LogP contribution < -0.4 is 0 Å². The summed E-state index contributed by atoms with van der Waals surface area (Å²) >= 11 is 0. The summed E-state index contributed by atoms with van der Waals surface area (Å²) in [7, 11) is 0. The maximum atomic E-state index is 11.3. The van der Waals surface area contributed by atoms with Crippen LogP contribution in [-0.4, -0.2) is 48.8 Å². The Morgan fingerprint density at radius 2 is 2.15 bits per heavy atom. The Bertz CT molecular complexity index is 405. The van der Waals surface area contributed by atoms with E-state index in [0.29, 0.717) is 6.61 Å². The first-order valence-electron chi connectivity index (χ1n) is 6.67. The van der Waals surface area contributed by atoms with Crippen LogP contribution in [0.2, 0.25) is 0 Å². The van der Waals surface area contributed by atoms with Crippen LogP contribution in [0.3, 0.4) is 0 Å². The van der Waals surface area contributed by atoms with Gasteiger partial charge >= 0.3 is 5.97 Å². The van der Waals surface area contributed by atoms with Crippen LogP contribution >= 0.6 is 12.4 Å². The second-order valence-electron chi connectivity index (χ2n) is 4.53. The third-order valence-corrected chi connectivity index (χ3v) is 3.03. The van der Waals surface area contributed by atoms with Crippen LogP contribution in [0.25, 0.3) is 0 Å². The Balaban J connectivity index is 0.00000200. The van der Waals surface area contributed by atoms with Gasteiger partial charge in [0, 0.05) is 25.8 Å². The standard InChI is InChI=1S/C14H20N2O3.ClH/c1-2-19-14(17)9-13-4-3-12(10-15-13)11-16-5-7-18-8-6-16;/h3-4,10H,2,5-9,11H2,1H3;1H. The molecule has 1 aromatic heterocycles. The van der Waals surface area contributed by atoms with Gasteiger partial charge in [0.05, 0.1) is 31.9 Å². The third kappa shape index (κ3) is 5.45. The first-order valence-corrected chi connectivity index (χ1v) is 6.67. The quantitative estimate of drug-likeness (QED) is 0.770. The molecule has 1 fully saturated rings. The Labute approximate surface area is 125 Å². The van der Waals surface area contributed by atoms with Gasteiger partial charge in [-0.05, 0) is 18.6 Å². The topological polar surface area (TPSA) is 51.7 Å². The number of halogens is 1. The minimum atomic E-state index is -0.226. The van der Waals surface area contributed by atoms with Crippen molar-refractivity contribution in [3.05, 3.63) is 29.6 Å². The van der Waals surface area contributed by atoms with Gasteiger partial charge in [-0.3, -0.25) is 14.7 Å². The Morgan fingerprint density at radius 3 is 2.75 bits per heavy atom. The largest absolute Gasteiger partial charge is 0.466 e. The van der Waals surface area contributed by atoms with Gasteiger partial charge in [-0.15, -0.1) is 12.4 Å². The number of hydrogen-bond acceptors (Lipinski definition) is 5. The molecule has 1 aromatic rings. The van der Waals surface area contributed by atoms with E-state index in [9.17, 15) is 4.79 Å². The fourth-order valence-corrected chi connectivity index (χ4v) is 2.03. The van der Waals surface area contributed by atoms with Crippen LogP contribution in [0.4, 0.5) is 0 Å². The van der Waals surface area contributed by atoms with E-state index in [2.05, 4.69) is 9.88 Å². The summed E-state index contributed by atoms with van der Waals surface area (Å²) < 4.78 is 10.2. The van der Waals surface area contributed by atoms with Crippen LogP contribution in [0.15, 0.2) is 18.3 Å². The summed E-state index contributed by atoms with van der Waals surface area (Å²) in [4.78, 5) is 18.0. The van der Waals surface area contributed by atoms with Crippen molar-refractivity contribution in [1.82, 2.24) is 9.88 Å². The zero-order chi connectivity index (χ0) is 13.5. The van der Waals surface area contributed by atoms with E-state index in [1.807, 2.05) is 18.3 Å². The van der Waals surface area contributed by atoms with E-state index in [1.54, 1.807) is 6.92 Å². The molecule has 112 valence electrons. The molecule has 0 amide bonds. The van der Waals surface area contributed by atoms with E-state index < -0.39 is 0 Å². The summed E-state index contributed by atoms with van der Waals surface area (Å²) in [5.41, 5.74) is 1.92. The highest BCUT2D eigenvalue weighted by molar-refractivity contribution is 5.85. The normalized spacial score (nSPS) is 15.4. The fraction of sp³-hybridized carbons (Fsp3) is 0.571. The second kappa shape index (κ2) is 8.89. The first kappa shape index (κ1) is 16.9. The predicted molar refractivity (Wildman–Crippen MR) is 77.9 cm³/mol. The van der Waals surface area contributed by atoms with Crippen molar-refractivity contribution in [3.8, 4) is 0 Å². The summed E-state index contributed by atoms with van der Waals surface area (Å²) in [6.45, 7) is 6.62. The zero-order valence-electron chi connectivity index (χ0n) is 11.7. The number of morpholine rings is 1. The van der Waals surface area contributed by atoms with E-state index in [4.69, 9.17) is 9.47 Å². The number of rotatable bonds is 5. The van der Waals surface area contributed by atoms with Gasteiger partial charge in [0.15, 0.2) is 0 Å². The second-order valence-corrected chi connectivity index (χ2v) is 4.53. The average molecular weight is 301 g/mol. The van der Waals surface area contributed by atoms with Gasteiger partial charge in [0.2, 0.25) is 0 Å². The fourth-order valence-electron chi connectivity index (χ4n) is 2.03. The highest BCUT2D eigenvalue weighted by Crippen LogP contribution is 2.07. The van der Waals surface area contributed by atoms with Crippen LogP contribution in [0, 0.1) is 0 Å². The molecular formula is C14H21ClN2O3. The number of ether oxygens (including phenoxy) is 2. The number of nitrogens with zero attached hydrogens (tertiary/aromatic N) is 2. The van der Waals surface area contributed by atoms with E-state index in [0.717, 1.165) is 44.1 Å². The first-order chi connectivity index (χ1) is 9.28. The van der Waals surface area contributed by atoms with Crippen molar-refractivity contribution in [2.45, 2.75) is 19.9 Å². The summed E-state index contributed by atoms with van der Waals surface area (Å²) in [6.07, 6.45) is 2.08. The Morgan fingerprint density at radius 1 is 1.40 bits per heavy atom. The molecule has 2 heterocycles. The molecule has 0 atom stereocenters. The summed E-state index contributed by atoms with van der Waals surface area (Å²) in [5, 5.41) is 0. The molecule has 0 bridgehead atoms. The number of carbonyl (C=O) groups excluding carboxylic acids is 1. The smallest absolute Gasteiger partial charge is 0.311 e. The molecule has 6 heteroatoms. The molecule has 5 nitrogen and oxygen atoms in total. The van der Waals surface area contributed by atoms with Crippen LogP contribution in [-0.2, 0) is 27.2 Å². The third-order valence-electron chi connectivity index (χ3n) is 3.03. The van der Waals surface area contributed by atoms with Crippen molar-refractivity contribution in [3.63, 3.8) is 0 Å². The van der Waals surface area contributed by atoms with Gasteiger partial charge < -0.3 is 9.47 Å². The molecule has 2 rings (SSSR count). The summed E-state index contributed by atoms with van der Waals surface area (Å²) in [5.74, 6) is -0.226. The molecule has 0 aromatic carbocycles. The lowest BCUT2D eigenvalue weighted by molar-refractivity contribution is -0.142. The molecule has 1 saturated heterocycles.